The Morgan fingerprint density at radius 2 is 1.60 bits per heavy atom. The van der Waals surface area contributed by atoms with Gasteiger partial charge < -0.3 is 24.8 Å². The number of benzene rings is 3. The molecule has 1 fully saturated rings. The first-order chi connectivity index (χ1) is 20.4. The SMILES string of the molecule is O=C(Nc1ccc(C(=O)c2ccc(N(CC3CC3)c3ccc(Cl)cc3)cn2)cc1C(=O)O)c1ccc2c(c1)OCCO2. The number of carboxylic acid groups (broad SMARTS) is 1. The van der Waals surface area contributed by atoms with Crippen LogP contribution in [0, 0.1) is 5.92 Å². The highest BCUT2D eigenvalue weighted by molar-refractivity contribution is 6.30. The molecule has 9 nitrogen and oxygen atoms in total. The van der Waals surface area contributed by atoms with Gasteiger partial charge in [-0.3, -0.25) is 14.6 Å². The Kier molecular flexibility index (Phi) is 7.50. The number of fused-ring (bicyclic) bond motifs is 1. The number of pyridine rings is 1. The maximum absolute atomic E-state index is 13.3. The minimum Gasteiger partial charge on any atom is -0.486 e. The lowest BCUT2D eigenvalue weighted by Crippen LogP contribution is -2.20. The van der Waals surface area contributed by atoms with E-state index in [2.05, 4.69) is 15.2 Å². The van der Waals surface area contributed by atoms with Crippen LogP contribution in [0.4, 0.5) is 17.1 Å². The van der Waals surface area contributed by atoms with Crippen molar-refractivity contribution in [2.45, 2.75) is 12.8 Å². The smallest absolute Gasteiger partial charge is 0.337 e. The molecule has 42 heavy (non-hydrogen) atoms. The standard InChI is InChI=1S/C32H26ClN3O6/c33-22-5-7-23(8-6-22)36(18-19-1-2-19)24-9-11-27(34-17-24)30(37)20-3-10-26(25(15-20)32(39)40)35-31(38)21-4-12-28-29(16-21)42-14-13-41-28/h3-12,15-17,19H,1-2,13-14,18H2,(H,35,38)(H,39,40). The van der Waals surface area contributed by atoms with Gasteiger partial charge in [0.1, 0.15) is 18.9 Å². The predicted molar refractivity (Wildman–Crippen MR) is 158 cm³/mol. The lowest BCUT2D eigenvalue weighted by atomic mass is 10.0. The van der Waals surface area contributed by atoms with Crippen molar-refractivity contribution in [3.8, 4) is 11.5 Å². The molecule has 0 bridgehead atoms. The molecule has 2 heterocycles. The minimum atomic E-state index is -1.29. The molecule has 2 N–H and O–H groups in total. The Morgan fingerprint density at radius 3 is 2.29 bits per heavy atom. The Hall–Kier alpha value is -4.89. The van der Waals surface area contributed by atoms with E-state index in [-0.39, 0.29) is 28.1 Å². The van der Waals surface area contributed by atoms with Crippen molar-refractivity contribution in [1.29, 1.82) is 0 Å². The van der Waals surface area contributed by atoms with Gasteiger partial charge in [-0.1, -0.05) is 11.6 Å². The van der Waals surface area contributed by atoms with E-state index in [0.717, 1.165) is 17.9 Å². The fourth-order valence-electron chi connectivity index (χ4n) is 4.72. The molecule has 1 aliphatic carbocycles. The molecular formula is C32H26ClN3O6. The Bertz CT molecular complexity index is 1670. The van der Waals surface area contributed by atoms with Gasteiger partial charge >= 0.3 is 5.97 Å². The minimum absolute atomic E-state index is 0.0564. The summed E-state index contributed by atoms with van der Waals surface area (Å²) in [6.07, 6.45) is 3.99. The molecule has 4 aromatic rings. The number of aromatic nitrogens is 1. The number of hydrogen-bond acceptors (Lipinski definition) is 7. The van der Waals surface area contributed by atoms with Crippen LogP contribution in [0.1, 0.15) is 49.6 Å². The van der Waals surface area contributed by atoms with E-state index in [0.29, 0.717) is 35.7 Å². The normalized spacial score (nSPS) is 13.7. The van der Waals surface area contributed by atoms with Crippen molar-refractivity contribution in [1.82, 2.24) is 4.98 Å². The molecule has 1 saturated carbocycles. The van der Waals surface area contributed by atoms with Crippen molar-refractivity contribution in [3.05, 3.63) is 106 Å². The van der Waals surface area contributed by atoms with Crippen LogP contribution in [0.3, 0.4) is 0 Å². The Morgan fingerprint density at radius 1 is 0.881 bits per heavy atom. The summed E-state index contributed by atoms with van der Waals surface area (Å²) in [4.78, 5) is 44.8. The third kappa shape index (κ3) is 5.91. The van der Waals surface area contributed by atoms with Crippen LogP contribution in [-0.4, -0.2) is 47.5 Å². The van der Waals surface area contributed by atoms with Gasteiger partial charge in [-0.2, -0.15) is 0 Å². The molecule has 3 aromatic carbocycles. The van der Waals surface area contributed by atoms with E-state index < -0.39 is 17.7 Å². The van der Waals surface area contributed by atoms with Crippen molar-refractivity contribution in [3.63, 3.8) is 0 Å². The van der Waals surface area contributed by atoms with Crippen molar-refractivity contribution in [2.75, 3.05) is 30.0 Å². The van der Waals surface area contributed by atoms with E-state index in [4.69, 9.17) is 21.1 Å². The summed E-state index contributed by atoms with van der Waals surface area (Å²) in [5.74, 6) is -0.671. The monoisotopic (exact) mass is 583 g/mol. The molecular weight excluding hydrogens is 558 g/mol. The Balaban J connectivity index is 1.21. The van der Waals surface area contributed by atoms with Gasteiger partial charge in [0.2, 0.25) is 5.78 Å². The second-order valence-corrected chi connectivity index (χ2v) is 10.6. The molecule has 6 rings (SSSR count). The van der Waals surface area contributed by atoms with Crippen LogP contribution in [0.2, 0.25) is 5.02 Å². The van der Waals surface area contributed by atoms with Crippen molar-refractivity contribution >= 4 is 46.3 Å². The fraction of sp³-hybridized carbons (Fsp3) is 0.188. The van der Waals surface area contributed by atoms with Gasteiger partial charge in [0, 0.05) is 28.4 Å². The number of ether oxygens (including phenoxy) is 2. The number of carbonyl (C=O) groups is 3. The summed E-state index contributed by atoms with van der Waals surface area (Å²) in [6.45, 7) is 1.63. The maximum Gasteiger partial charge on any atom is 0.337 e. The Labute approximate surface area is 246 Å². The molecule has 0 saturated heterocycles. The highest BCUT2D eigenvalue weighted by Crippen LogP contribution is 2.36. The van der Waals surface area contributed by atoms with E-state index in [1.54, 1.807) is 24.4 Å². The average molecular weight is 584 g/mol. The average Bonchev–Trinajstić information content (AvgIpc) is 3.84. The third-order valence-electron chi connectivity index (χ3n) is 7.13. The number of ketones is 1. The molecule has 0 unspecified atom stereocenters. The number of anilines is 3. The number of aromatic carboxylic acids is 1. The van der Waals surface area contributed by atoms with Gasteiger partial charge in [-0.05, 0) is 91.6 Å². The largest absolute Gasteiger partial charge is 0.486 e. The highest BCUT2D eigenvalue weighted by atomic mass is 35.5. The maximum atomic E-state index is 13.3. The van der Waals surface area contributed by atoms with Gasteiger partial charge in [-0.25, -0.2) is 4.79 Å². The third-order valence-corrected chi connectivity index (χ3v) is 7.38. The summed E-state index contributed by atoms with van der Waals surface area (Å²) in [7, 11) is 0. The fourth-order valence-corrected chi connectivity index (χ4v) is 4.84. The van der Waals surface area contributed by atoms with Crippen molar-refractivity contribution in [2.24, 2.45) is 5.92 Å². The molecule has 0 radical (unpaired) electrons. The van der Waals surface area contributed by atoms with Crippen LogP contribution < -0.4 is 19.7 Å². The van der Waals surface area contributed by atoms with Crippen molar-refractivity contribution < 1.29 is 29.0 Å². The highest BCUT2D eigenvalue weighted by Gasteiger charge is 2.26. The van der Waals surface area contributed by atoms with Gasteiger partial charge in [-0.15, -0.1) is 0 Å². The predicted octanol–water partition coefficient (Wildman–Crippen LogP) is 6.24. The number of amides is 1. The van der Waals surface area contributed by atoms with Crippen LogP contribution in [-0.2, 0) is 0 Å². The number of rotatable bonds is 9. The van der Waals surface area contributed by atoms with Crippen LogP contribution in [0.15, 0.2) is 79.0 Å². The number of nitrogens with zero attached hydrogens (tertiary/aromatic N) is 2. The van der Waals surface area contributed by atoms with Crippen LogP contribution in [0.5, 0.6) is 11.5 Å². The molecule has 212 valence electrons. The molecule has 1 aliphatic heterocycles. The second-order valence-electron chi connectivity index (χ2n) is 10.1. The lowest BCUT2D eigenvalue weighted by molar-refractivity contribution is 0.0698. The quantitative estimate of drug-likeness (QED) is 0.222. The molecule has 0 spiro atoms. The van der Waals surface area contributed by atoms with Gasteiger partial charge in [0.15, 0.2) is 11.5 Å². The lowest BCUT2D eigenvalue weighted by Gasteiger charge is -2.25. The number of carbonyl (C=O) groups excluding carboxylic acids is 2. The zero-order valence-corrected chi connectivity index (χ0v) is 23.1. The summed E-state index contributed by atoms with van der Waals surface area (Å²) < 4.78 is 11.0. The number of carboxylic acids is 1. The molecule has 2 aliphatic rings. The van der Waals surface area contributed by atoms with Gasteiger partial charge in [0.05, 0.1) is 23.1 Å². The first-order valence-electron chi connectivity index (χ1n) is 13.5. The first-order valence-corrected chi connectivity index (χ1v) is 13.9. The molecule has 1 amide bonds. The van der Waals surface area contributed by atoms with Crippen LogP contribution in [0.25, 0.3) is 0 Å². The number of halogens is 1. The summed E-state index contributed by atoms with van der Waals surface area (Å²) >= 11 is 6.08. The summed E-state index contributed by atoms with van der Waals surface area (Å²) in [5, 5.41) is 13.1. The molecule has 10 heteroatoms. The van der Waals surface area contributed by atoms with E-state index in [1.807, 2.05) is 30.3 Å². The van der Waals surface area contributed by atoms with Gasteiger partial charge in [0.25, 0.3) is 5.91 Å². The first kappa shape index (κ1) is 27.3. The summed E-state index contributed by atoms with van der Waals surface area (Å²) in [5.41, 5.74) is 2.23. The topological polar surface area (TPSA) is 118 Å². The molecule has 1 aromatic heterocycles. The second kappa shape index (κ2) is 11.5. The van der Waals surface area contributed by atoms with E-state index >= 15 is 0 Å². The zero-order valence-electron chi connectivity index (χ0n) is 22.4. The number of hydrogen-bond donors (Lipinski definition) is 2. The van der Waals surface area contributed by atoms with E-state index in [9.17, 15) is 19.5 Å². The number of nitrogens with one attached hydrogen (secondary N) is 1. The summed E-state index contributed by atoms with van der Waals surface area (Å²) in [6, 6.07) is 19.9. The van der Waals surface area contributed by atoms with E-state index in [1.165, 1.54) is 37.1 Å². The van der Waals surface area contributed by atoms with Crippen LogP contribution >= 0.6 is 11.6 Å². The molecule has 0 atom stereocenters. The zero-order chi connectivity index (χ0) is 29.2.